The van der Waals surface area contributed by atoms with Crippen LogP contribution in [0.3, 0.4) is 0 Å². The molecule has 0 aliphatic carbocycles. The van der Waals surface area contributed by atoms with E-state index in [1.807, 2.05) is 48.7 Å². The minimum absolute atomic E-state index is 0. The van der Waals surface area contributed by atoms with Crippen LogP contribution in [-0.2, 0) is 17.6 Å². The van der Waals surface area contributed by atoms with Crippen molar-refractivity contribution in [3.63, 3.8) is 0 Å². The predicted molar refractivity (Wildman–Crippen MR) is 463 cm³/mol. The summed E-state index contributed by atoms with van der Waals surface area (Å²) in [6.07, 6.45) is 9.01. The summed E-state index contributed by atoms with van der Waals surface area (Å²) in [4.78, 5) is 15.3. The number of rotatable bonds is 12. The topological polar surface area (TPSA) is 83.5 Å². The molecule has 2 aromatic heterocycles. The molecule has 10 aromatic carbocycles. The largest absolute Gasteiger partial charge is 1.00 e. The van der Waals surface area contributed by atoms with Crippen LogP contribution in [0.2, 0.25) is 0 Å². The van der Waals surface area contributed by atoms with E-state index in [1.54, 1.807) is 0 Å². The molecular formula is C97H117BrLi2N6O. The van der Waals surface area contributed by atoms with Crippen LogP contribution in [0.25, 0.3) is 54.8 Å². The Labute approximate surface area is 677 Å². The minimum Gasteiger partial charge on any atom is -0.382 e. The molecule has 550 valence electrons. The van der Waals surface area contributed by atoms with Crippen LogP contribution in [0.4, 0.5) is 22.7 Å². The Morgan fingerprint density at radius 3 is 1.44 bits per heavy atom. The first-order chi connectivity index (χ1) is 49.4. The molecular weight excluding hydrogens is 1360 g/mol. The standard InChI is InChI=1S/C38H41N3.C28H33N3.C10H7Br.C10H7.C4H8O.C4H9.3CH4.2Li/c1-24(2)29-16-10-17-30(25(3)4)37(29)41-38(32-18-8-13-27-12-6-7-15-31(27)32)35-21-11-20-34(40-35)33-19-9-14-28-23-22-26(5)39-36(28)33;1-18(2)23-11-8-12-24(19(3)4)28(23)29-17-22-10-7-14-26(31-22)25-13-6-9-21-16-15-20(5)30-27(21)25;11-10-7-3-5-8-4-1-2-6-9(8)10;1-2-6-10-8-4-3-7-9(10)5-1;1-2-4-5-3-1;1-4(2)3;;;;;/h6-21,24-26,38-39,41H,22-23H2,1-5H3;6-14,17-20,30H,15-16H2,1-5H3;1-7H;1-7H;1-4H2;1-3H3;3*1H4;;/q;;;-1;;-1;;;;2*+1. The van der Waals surface area contributed by atoms with Crippen LogP contribution in [0.15, 0.2) is 246 Å². The van der Waals surface area contributed by atoms with Gasteiger partial charge in [0.25, 0.3) is 0 Å². The first kappa shape index (κ1) is 89.6. The maximum absolute atomic E-state index is 5.40. The van der Waals surface area contributed by atoms with Crippen molar-refractivity contribution in [2.45, 2.75) is 193 Å². The van der Waals surface area contributed by atoms with Crippen LogP contribution in [0.5, 0.6) is 0 Å². The fraction of sp³-hybridized carbons (Fsp3) is 0.320. The third-order valence-electron chi connectivity index (χ3n) is 18.8. The van der Waals surface area contributed by atoms with Gasteiger partial charge < -0.3 is 26.6 Å². The molecule has 10 heteroatoms. The molecule has 5 heterocycles. The van der Waals surface area contributed by atoms with Crippen LogP contribution in [-0.4, -0.2) is 41.5 Å². The number of anilines is 3. The van der Waals surface area contributed by atoms with Crippen LogP contribution < -0.4 is 53.7 Å². The Bertz CT molecular complexity index is 4570. The van der Waals surface area contributed by atoms with Gasteiger partial charge in [0, 0.05) is 58.0 Å². The van der Waals surface area contributed by atoms with E-state index in [-0.39, 0.29) is 66.0 Å². The average Bonchev–Trinajstić information content (AvgIpc) is 0.987. The van der Waals surface area contributed by atoms with Crippen molar-refractivity contribution in [1.82, 2.24) is 9.97 Å². The van der Waals surface area contributed by atoms with Crippen molar-refractivity contribution in [2.24, 2.45) is 4.99 Å². The third-order valence-corrected chi connectivity index (χ3v) is 19.5. The zero-order chi connectivity index (χ0) is 72.1. The van der Waals surface area contributed by atoms with Gasteiger partial charge in [0.15, 0.2) is 0 Å². The molecule has 0 bridgehead atoms. The number of nitrogens with one attached hydrogen (secondary N) is 3. The quantitative estimate of drug-likeness (QED) is 0.0642. The molecule has 3 aliphatic heterocycles. The number of aryl methyl sites for hydroxylation is 2. The van der Waals surface area contributed by atoms with Gasteiger partial charge in [0.1, 0.15) is 0 Å². The molecule has 0 spiro atoms. The summed E-state index contributed by atoms with van der Waals surface area (Å²) in [5.74, 6) is 3.06. The second-order valence-electron chi connectivity index (χ2n) is 28.9. The molecule has 0 amide bonds. The number of aromatic nitrogens is 2. The van der Waals surface area contributed by atoms with E-state index in [1.165, 1.54) is 125 Å². The molecule has 0 saturated carbocycles. The number of aliphatic imine (C=N–C) groups is 1. The van der Waals surface area contributed by atoms with Crippen molar-refractivity contribution < 1.29 is 42.5 Å². The van der Waals surface area contributed by atoms with Gasteiger partial charge in [-0.15, -0.1) is 47.2 Å². The van der Waals surface area contributed by atoms with E-state index in [9.17, 15) is 0 Å². The zero-order valence-corrected chi connectivity index (χ0v) is 66.0. The van der Waals surface area contributed by atoms with Gasteiger partial charge in [0.2, 0.25) is 0 Å². The van der Waals surface area contributed by atoms with Gasteiger partial charge in [-0.1, -0.05) is 270 Å². The number of fused-ring (bicyclic) bond motifs is 5. The number of hydrogen-bond donors (Lipinski definition) is 3. The van der Waals surface area contributed by atoms with Crippen molar-refractivity contribution in [2.75, 3.05) is 29.2 Å². The number of ether oxygens (including phenoxy) is 1. The molecule has 12 aromatic rings. The Balaban J connectivity index is 0.000000270. The summed E-state index contributed by atoms with van der Waals surface area (Å²) in [5, 5.41) is 19.0. The Kier molecular flexibility index (Phi) is 37.2. The van der Waals surface area contributed by atoms with E-state index in [0.717, 1.165) is 65.4 Å². The van der Waals surface area contributed by atoms with Crippen LogP contribution in [0.1, 0.15) is 218 Å². The van der Waals surface area contributed by atoms with E-state index in [4.69, 9.17) is 19.7 Å². The van der Waals surface area contributed by atoms with Gasteiger partial charge >= 0.3 is 37.7 Å². The van der Waals surface area contributed by atoms with Crippen molar-refractivity contribution >= 4 is 77.2 Å². The van der Waals surface area contributed by atoms with Crippen molar-refractivity contribution in [3.8, 4) is 22.5 Å². The Morgan fingerprint density at radius 2 is 0.916 bits per heavy atom. The van der Waals surface area contributed by atoms with E-state index < -0.39 is 0 Å². The second-order valence-corrected chi connectivity index (χ2v) is 29.8. The smallest absolute Gasteiger partial charge is 0.382 e. The second kappa shape index (κ2) is 44.5. The molecule has 3 aliphatic rings. The van der Waals surface area contributed by atoms with Crippen molar-refractivity contribution in [3.05, 3.63) is 303 Å². The Morgan fingerprint density at radius 1 is 0.486 bits per heavy atom. The number of nitrogens with zero attached hydrogens (tertiary/aromatic N) is 3. The maximum Gasteiger partial charge on any atom is 1.00 e. The maximum atomic E-state index is 5.40. The monoisotopic (exact) mass is 1470 g/mol. The predicted octanol–water partition coefficient (Wildman–Crippen LogP) is 22.2. The number of halogens is 1. The normalized spacial score (nSPS) is 14.0. The number of hydrogen-bond acceptors (Lipinski definition) is 7. The van der Waals surface area contributed by atoms with Gasteiger partial charge in [-0.3, -0.25) is 9.98 Å². The first-order valence-corrected chi connectivity index (χ1v) is 37.8. The van der Waals surface area contributed by atoms with E-state index in [2.05, 4.69) is 322 Å². The zero-order valence-electron chi connectivity index (χ0n) is 64.4. The summed E-state index contributed by atoms with van der Waals surface area (Å²) < 4.78 is 6.11. The number of para-hydroxylation sites is 4. The molecule has 1 saturated heterocycles. The van der Waals surface area contributed by atoms with Crippen LogP contribution >= 0.6 is 15.9 Å². The summed E-state index contributed by atoms with van der Waals surface area (Å²) in [7, 11) is 0. The number of benzene rings is 10. The molecule has 3 unspecified atom stereocenters. The Hall–Kier alpha value is -8.02. The molecule has 3 atom stereocenters. The van der Waals surface area contributed by atoms with Crippen molar-refractivity contribution in [1.29, 1.82) is 0 Å². The van der Waals surface area contributed by atoms with Gasteiger partial charge in [0.05, 0.1) is 40.7 Å². The summed E-state index contributed by atoms with van der Waals surface area (Å²) >= 11 is 3.50. The van der Waals surface area contributed by atoms with Crippen LogP contribution in [0, 0.1) is 12.0 Å². The van der Waals surface area contributed by atoms with E-state index in [0.29, 0.717) is 35.8 Å². The summed E-state index contributed by atoms with van der Waals surface area (Å²) in [5.41, 5.74) is 20.3. The fourth-order valence-corrected chi connectivity index (χ4v) is 13.9. The number of pyridine rings is 2. The summed E-state index contributed by atoms with van der Waals surface area (Å²) in [6.45, 7) is 30.8. The molecule has 107 heavy (non-hydrogen) atoms. The van der Waals surface area contributed by atoms with Gasteiger partial charge in [-0.2, -0.15) is 20.8 Å². The molecule has 3 N–H and O–H groups in total. The third kappa shape index (κ3) is 24.5. The molecule has 1 fully saturated rings. The minimum atomic E-state index is -0.120. The fourth-order valence-electron chi connectivity index (χ4n) is 13.4. The molecule has 15 rings (SSSR count). The summed E-state index contributed by atoms with van der Waals surface area (Å²) in [6, 6.07) is 87.2. The average molecular weight is 1480 g/mol. The SMILES string of the molecule is Brc1cccc2ccccc12.C.C.C.C1CCOC1.CC1CCc2cccc(-c3cccc(C(Nc4c(C(C)C)cccc4C(C)C)c4cccc5ccccc45)n3)c2N1.CC1CCc2cccc(-c3cccc(C=Nc4c(C(C)C)cccc4C(C)C)n3)c2N1.C[C-](C)C.[Li+].[Li+].[c-]1cccc2ccccc12. The van der Waals surface area contributed by atoms with Gasteiger partial charge in [-0.05, 0) is 167 Å². The van der Waals surface area contributed by atoms with Gasteiger partial charge in [-0.25, -0.2) is 4.98 Å². The first-order valence-electron chi connectivity index (χ1n) is 37.0. The molecule has 7 nitrogen and oxygen atoms in total. The van der Waals surface area contributed by atoms with E-state index >= 15 is 0 Å². The molecule has 0 radical (unpaired) electrons.